The first-order chi connectivity index (χ1) is 18.7. The van der Waals surface area contributed by atoms with E-state index >= 15 is 4.39 Å². The van der Waals surface area contributed by atoms with Crippen molar-refractivity contribution in [2.75, 3.05) is 44.3 Å². The van der Waals surface area contributed by atoms with Crippen LogP contribution in [0.4, 0.5) is 9.39 Å². The van der Waals surface area contributed by atoms with E-state index in [1.54, 1.807) is 18.3 Å². The summed E-state index contributed by atoms with van der Waals surface area (Å²) in [5.41, 5.74) is 10.2. The van der Waals surface area contributed by atoms with Gasteiger partial charge in [-0.05, 0) is 54.2 Å². The zero-order chi connectivity index (χ0) is 27.3. The molecule has 2 N–H and O–H groups in total. The number of likely N-dealkylation sites (tertiary alicyclic amines) is 1. The molecule has 2 aliphatic heterocycles. The number of hydrogen-bond donors (Lipinski definition) is 1. The number of Topliss-reactive ketones (excluding diaryl/α,β-unsaturated/α-hetero) is 1. The molecule has 3 aliphatic rings. The molecular formula is C30H33FN4O3S. The molecule has 39 heavy (non-hydrogen) atoms. The summed E-state index contributed by atoms with van der Waals surface area (Å²) < 4.78 is 20.8. The highest BCUT2D eigenvalue weighted by Crippen LogP contribution is 2.53. The molecule has 2 aromatic heterocycles. The number of thiophene rings is 1. The van der Waals surface area contributed by atoms with Crippen LogP contribution >= 0.6 is 11.3 Å². The minimum Gasteiger partial charge on any atom is -0.378 e. The van der Waals surface area contributed by atoms with Gasteiger partial charge < -0.3 is 20.3 Å². The van der Waals surface area contributed by atoms with Gasteiger partial charge in [-0.2, -0.15) is 0 Å². The lowest BCUT2D eigenvalue weighted by atomic mass is 9.71. The van der Waals surface area contributed by atoms with Gasteiger partial charge in [0.25, 0.3) is 5.91 Å². The second-order valence-corrected chi connectivity index (χ2v) is 12.3. The van der Waals surface area contributed by atoms with E-state index in [1.165, 1.54) is 17.4 Å². The Morgan fingerprint density at radius 2 is 1.87 bits per heavy atom. The van der Waals surface area contributed by atoms with Crippen molar-refractivity contribution in [3.8, 4) is 22.4 Å². The highest BCUT2D eigenvalue weighted by molar-refractivity contribution is 7.19. The highest BCUT2D eigenvalue weighted by atomic mass is 32.1. The Kier molecular flexibility index (Phi) is 6.77. The standard InChI is InChI=1S/C30H33FN4O3S/c1-30(2)17-23(36)26-25(27(30)32)24(29(39-26)35-11-13-38-14-12-35)18-7-8-33-22(16-18)20-15-19(5-6-21(20)31)28(37)34-9-3-4-10-34/h5-8,15-16,27H,3-4,9-14,17,32H2,1-2H3/t27-/m1/s1. The number of aromatic nitrogens is 1. The van der Waals surface area contributed by atoms with E-state index in [2.05, 4.69) is 9.88 Å². The third-order valence-corrected chi connectivity index (χ3v) is 9.49. The van der Waals surface area contributed by atoms with Gasteiger partial charge in [-0.3, -0.25) is 14.6 Å². The van der Waals surface area contributed by atoms with E-state index in [9.17, 15) is 9.59 Å². The van der Waals surface area contributed by atoms with Crippen molar-refractivity contribution in [2.24, 2.45) is 11.1 Å². The van der Waals surface area contributed by atoms with Gasteiger partial charge in [0.2, 0.25) is 0 Å². The maximum Gasteiger partial charge on any atom is 0.253 e. The number of pyridine rings is 1. The van der Waals surface area contributed by atoms with Crippen molar-refractivity contribution in [2.45, 2.75) is 39.2 Å². The normalized spacial score (nSPS) is 20.8. The first-order valence-corrected chi connectivity index (χ1v) is 14.4. The number of nitrogens with two attached hydrogens (primary N) is 1. The van der Waals surface area contributed by atoms with Crippen LogP contribution in [0.5, 0.6) is 0 Å². The number of anilines is 1. The molecule has 3 aromatic rings. The van der Waals surface area contributed by atoms with Crippen LogP contribution in [-0.2, 0) is 4.74 Å². The summed E-state index contributed by atoms with van der Waals surface area (Å²) in [6.45, 7) is 8.16. The summed E-state index contributed by atoms with van der Waals surface area (Å²) in [5, 5.41) is 0.986. The van der Waals surface area contributed by atoms with E-state index in [4.69, 9.17) is 10.5 Å². The van der Waals surface area contributed by atoms with Gasteiger partial charge in [0.15, 0.2) is 5.78 Å². The lowest BCUT2D eigenvalue weighted by Gasteiger charge is -2.36. The number of ether oxygens (including phenoxy) is 1. The highest BCUT2D eigenvalue weighted by Gasteiger charge is 2.42. The molecule has 2 fully saturated rings. The van der Waals surface area contributed by atoms with Gasteiger partial charge in [-0.1, -0.05) is 13.8 Å². The first kappa shape index (κ1) is 26.1. The third kappa shape index (κ3) is 4.66. The summed E-state index contributed by atoms with van der Waals surface area (Å²) in [4.78, 5) is 35.6. The molecule has 2 saturated heterocycles. The average Bonchev–Trinajstić information content (AvgIpc) is 3.61. The minimum atomic E-state index is -0.439. The van der Waals surface area contributed by atoms with Gasteiger partial charge in [0, 0.05) is 67.1 Å². The number of halogens is 1. The van der Waals surface area contributed by atoms with Crippen LogP contribution in [0.25, 0.3) is 22.4 Å². The van der Waals surface area contributed by atoms with Gasteiger partial charge in [-0.15, -0.1) is 11.3 Å². The van der Waals surface area contributed by atoms with Crippen molar-refractivity contribution in [1.82, 2.24) is 9.88 Å². The van der Waals surface area contributed by atoms with Crippen LogP contribution in [0.3, 0.4) is 0 Å². The molecule has 0 radical (unpaired) electrons. The first-order valence-electron chi connectivity index (χ1n) is 13.6. The van der Waals surface area contributed by atoms with Gasteiger partial charge in [0.05, 0.1) is 23.8 Å². The Bertz CT molecular complexity index is 1440. The molecule has 1 aromatic carbocycles. The smallest absolute Gasteiger partial charge is 0.253 e. The number of nitrogens with zero attached hydrogens (tertiary/aromatic N) is 3. The average molecular weight is 549 g/mol. The van der Waals surface area contributed by atoms with Gasteiger partial charge in [-0.25, -0.2) is 4.39 Å². The Labute approximate surface area is 231 Å². The topological polar surface area (TPSA) is 88.8 Å². The lowest BCUT2D eigenvalue weighted by molar-refractivity contribution is 0.0792. The van der Waals surface area contributed by atoms with Crippen molar-refractivity contribution < 1.29 is 18.7 Å². The third-order valence-electron chi connectivity index (χ3n) is 8.18. The fourth-order valence-electron chi connectivity index (χ4n) is 5.89. The minimum absolute atomic E-state index is 0.0851. The fraction of sp³-hybridized carbons (Fsp3) is 0.433. The largest absolute Gasteiger partial charge is 0.378 e. The number of ketones is 1. The summed E-state index contributed by atoms with van der Waals surface area (Å²) in [6.07, 6.45) is 4.03. The molecule has 1 amide bonds. The molecule has 6 rings (SSSR count). The van der Waals surface area contributed by atoms with E-state index in [1.807, 2.05) is 30.9 Å². The number of amides is 1. The summed E-state index contributed by atoms with van der Waals surface area (Å²) in [5.74, 6) is -0.416. The predicted octanol–water partition coefficient (Wildman–Crippen LogP) is 5.30. The maximum absolute atomic E-state index is 15.2. The van der Waals surface area contributed by atoms with Crippen molar-refractivity contribution >= 4 is 28.0 Å². The van der Waals surface area contributed by atoms with Crippen LogP contribution in [-0.4, -0.2) is 61.0 Å². The summed E-state index contributed by atoms with van der Waals surface area (Å²) in [6, 6.07) is 7.91. The quantitative estimate of drug-likeness (QED) is 0.476. The molecular weight excluding hydrogens is 515 g/mol. The lowest BCUT2D eigenvalue weighted by Crippen LogP contribution is -2.37. The van der Waals surface area contributed by atoms with Crippen LogP contribution < -0.4 is 10.6 Å². The van der Waals surface area contributed by atoms with Crippen molar-refractivity contribution in [3.05, 3.63) is 58.3 Å². The molecule has 1 aliphatic carbocycles. The number of hydrogen-bond acceptors (Lipinski definition) is 7. The summed E-state index contributed by atoms with van der Waals surface area (Å²) in [7, 11) is 0. The van der Waals surface area contributed by atoms with Crippen LogP contribution in [0, 0.1) is 11.2 Å². The summed E-state index contributed by atoms with van der Waals surface area (Å²) >= 11 is 1.50. The van der Waals surface area contributed by atoms with Crippen molar-refractivity contribution in [1.29, 1.82) is 0 Å². The second-order valence-electron chi connectivity index (χ2n) is 11.3. The molecule has 1 atom stereocenters. The Morgan fingerprint density at radius 1 is 1.13 bits per heavy atom. The SMILES string of the molecule is CC1(C)CC(=O)c2sc(N3CCOCC3)c(-c3ccnc(-c4cc(C(=O)N5CCCC5)ccc4F)c3)c2[C@H]1N. The van der Waals surface area contributed by atoms with E-state index < -0.39 is 11.2 Å². The maximum atomic E-state index is 15.2. The zero-order valence-corrected chi connectivity index (χ0v) is 23.2. The molecule has 204 valence electrons. The zero-order valence-electron chi connectivity index (χ0n) is 22.3. The van der Waals surface area contributed by atoms with E-state index in [0.29, 0.717) is 48.9 Å². The van der Waals surface area contributed by atoms with Crippen LogP contribution in [0.2, 0.25) is 0 Å². The Hall–Kier alpha value is -3.14. The molecule has 4 heterocycles. The van der Waals surface area contributed by atoms with Gasteiger partial charge in [0.1, 0.15) is 10.8 Å². The Balaban J connectivity index is 1.47. The number of rotatable bonds is 4. The van der Waals surface area contributed by atoms with Crippen LogP contribution in [0.1, 0.15) is 64.7 Å². The molecule has 0 unspecified atom stereocenters. The number of benzene rings is 1. The molecule has 9 heteroatoms. The van der Waals surface area contributed by atoms with E-state index in [0.717, 1.165) is 47.6 Å². The number of fused-ring (bicyclic) bond motifs is 1. The van der Waals surface area contributed by atoms with E-state index in [-0.39, 0.29) is 23.3 Å². The van der Waals surface area contributed by atoms with Crippen molar-refractivity contribution in [3.63, 3.8) is 0 Å². The monoisotopic (exact) mass is 548 g/mol. The number of carbonyl (C=O) groups excluding carboxylic acids is 2. The van der Waals surface area contributed by atoms with Crippen LogP contribution in [0.15, 0.2) is 36.5 Å². The molecule has 0 saturated carbocycles. The molecule has 7 nitrogen and oxygen atoms in total. The fourth-order valence-corrected chi connectivity index (χ4v) is 7.25. The molecule has 0 bridgehead atoms. The number of morpholine rings is 1. The molecule has 0 spiro atoms. The predicted molar refractivity (Wildman–Crippen MR) is 151 cm³/mol. The Morgan fingerprint density at radius 3 is 2.62 bits per heavy atom. The van der Waals surface area contributed by atoms with Gasteiger partial charge >= 0.3 is 0 Å². The number of carbonyl (C=O) groups is 2. The second kappa shape index (κ2) is 10.1.